The maximum atomic E-state index is 11.7. The molecule has 5 N–H and O–H groups in total. The average molecular weight is 349 g/mol. The summed E-state index contributed by atoms with van der Waals surface area (Å²) in [5.41, 5.74) is 5.91. The molecular weight excluding hydrogens is 331 g/mol. The Bertz CT molecular complexity index is 564. The van der Waals surface area contributed by atoms with E-state index < -0.39 is 30.1 Å². The summed E-state index contributed by atoms with van der Waals surface area (Å²) in [4.78, 5) is 31.4. The van der Waals surface area contributed by atoms with E-state index in [4.69, 9.17) is 15.6 Å². The SMILES string of the molecule is C[C@H](NC(=O)[C@H](C)Nc1ccccc1)C(N)=O.O=C(O)C(F)(F)F. The van der Waals surface area contributed by atoms with Crippen molar-refractivity contribution in [2.24, 2.45) is 5.73 Å². The van der Waals surface area contributed by atoms with Gasteiger partial charge in [0.25, 0.3) is 0 Å². The molecule has 134 valence electrons. The van der Waals surface area contributed by atoms with Crippen molar-refractivity contribution in [1.82, 2.24) is 5.32 Å². The maximum absolute atomic E-state index is 11.7. The molecule has 1 rings (SSSR count). The summed E-state index contributed by atoms with van der Waals surface area (Å²) in [7, 11) is 0. The number of carbonyl (C=O) groups is 3. The fourth-order valence-corrected chi connectivity index (χ4v) is 1.26. The minimum Gasteiger partial charge on any atom is -0.475 e. The van der Waals surface area contributed by atoms with Crippen molar-refractivity contribution in [1.29, 1.82) is 0 Å². The Morgan fingerprint density at radius 3 is 1.92 bits per heavy atom. The monoisotopic (exact) mass is 349 g/mol. The Morgan fingerprint density at radius 1 is 1.08 bits per heavy atom. The van der Waals surface area contributed by atoms with Gasteiger partial charge in [-0.1, -0.05) is 18.2 Å². The van der Waals surface area contributed by atoms with Gasteiger partial charge in [-0.3, -0.25) is 9.59 Å². The van der Waals surface area contributed by atoms with Crippen LogP contribution in [0.5, 0.6) is 0 Å². The van der Waals surface area contributed by atoms with E-state index in [1.165, 1.54) is 0 Å². The minimum atomic E-state index is -5.08. The summed E-state index contributed by atoms with van der Waals surface area (Å²) in [5, 5.41) is 12.7. The van der Waals surface area contributed by atoms with Crippen LogP contribution in [-0.2, 0) is 14.4 Å². The number of nitrogens with two attached hydrogens (primary N) is 1. The molecule has 0 radical (unpaired) electrons. The van der Waals surface area contributed by atoms with Crippen LogP contribution in [0, 0.1) is 0 Å². The Hall–Kier alpha value is -2.78. The molecule has 0 saturated carbocycles. The second-order valence-electron chi connectivity index (χ2n) is 4.67. The quantitative estimate of drug-likeness (QED) is 0.634. The lowest BCUT2D eigenvalue weighted by molar-refractivity contribution is -0.192. The van der Waals surface area contributed by atoms with Gasteiger partial charge in [-0.05, 0) is 26.0 Å². The van der Waals surface area contributed by atoms with Gasteiger partial charge < -0.3 is 21.5 Å². The summed E-state index contributed by atoms with van der Waals surface area (Å²) in [6.07, 6.45) is -5.08. The fraction of sp³-hybridized carbons (Fsp3) is 0.357. The number of aliphatic carboxylic acids is 1. The lowest BCUT2D eigenvalue weighted by Crippen LogP contribution is -2.47. The molecular formula is C14H18F3N3O4. The standard InChI is InChI=1S/C12H17N3O2.C2HF3O2/c1-8(11(13)16)15-12(17)9(2)14-10-6-4-3-5-7-10;3-2(4,5)1(6)7/h3-9,14H,1-2H3,(H2,13,16)(H,15,17);(H,6,7)/t8-,9-;/m0./s1. The number of primary amides is 1. The molecule has 0 saturated heterocycles. The molecule has 24 heavy (non-hydrogen) atoms. The zero-order chi connectivity index (χ0) is 18.9. The van der Waals surface area contributed by atoms with Gasteiger partial charge in [0.05, 0.1) is 0 Å². The van der Waals surface area contributed by atoms with Gasteiger partial charge >= 0.3 is 12.1 Å². The van der Waals surface area contributed by atoms with Crippen molar-refractivity contribution in [3.05, 3.63) is 30.3 Å². The van der Waals surface area contributed by atoms with Crippen LogP contribution in [0.4, 0.5) is 18.9 Å². The van der Waals surface area contributed by atoms with Gasteiger partial charge in [-0.2, -0.15) is 13.2 Å². The lowest BCUT2D eigenvalue weighted by Gasteiger charge is -2.17. The first kappa shape index (κ1) is 21.2. The third-order valence-corrected chi connectivity index (χ3v) is 2.58. The second kappa shape index (κ2) is 9.38. The summed E-state index contributed by atoms with van der Waals surface area (Å²) >= 11 is 0. The normalized spacial score (nSPS) is 12.9. The molecule has 1 aromatic rings. The maximum Gasteiger partial charge on any atom is 0.490 e. The van der Waals surface area contributed by atoms with Gasteiger partial charge in [0.2, 0.25) is 11.8 Å². The number of carbonyl (C=O) groups excluding carboxylic acids is 2. The van der Waals surface area contributed by atoms with Crippen LogP contribution in [0.1, 0.15) is 13.8 Å². The molecule has 0 bridgehead atoms. The number of alkyl halides is 3. The van der Waals surface area contributed by atoms with Crippen LogP contribution in [0.15, 0.2) is 30.3 Å². The molecule has 0 heterocycles. The first-order valence-electron chi connectivity index (χ1n) is 6.66. The molecule has 2 amide bonds. The number of rotatable bonds is 5. The van der Waals surface area contributed by atoms with Crippen molar-refractivity contribution in [2.75, 3.05) is 5.32 Å². The van der Waals surface area contributed by atoms with Gasteiger partial charge in [-0.15, -0.1) is 0 Å². The van der Waals surface area contributed by atoms with E-state index in [0.29, 0.717) is 0 Å². The summed E-state index contributed by atoms with van der Waals surface area (Å²) < 4.78 is 31.7. The van der Waals surface area contributed by atoms with E-state index in [1.807, 2.05) is 30.3 Å². The Morgan fingerprint density at radius 2 is 1.54 bits per heavy atom. The van der Waals surface area contributed by atoms with E-state index in [1.54, 1.807) is 13.8 Å². The van der Waals surface area contributed by atoms with Gasteiger partial charge in [0, 0.05) is 5.69 Å². The third-order valence-electron chi connectivity index (χ3n) is 2.58. The highest BCUT2D eigenvalue weighted by Crippen LogP contribution is 2.13. The Labute approximate surface area is 136 Å². The summed E-state index contributed by atoms with van der Waals surface area (Å²) in [5.74, 6) is -3.57. The number of anilines is 1. The fourth-order valence-electron chi connectivity index (χ4n) is 1.26. The molecule has 0 spiro atoms. The second-order valence-corrected chi connectivity index (χ2v) is 4.67. The predicted octanol–water partition coefficient (Wildman–Crippen LogP) is 1.11. The van der Waals surface area contributed by atoms with Crippen molar-refractivity contribution in [3.8, 4) is 0 Å². The van der Waals surface area contributed by atoms with Gasteiger partial charge in [0.15, 0.2) is 0 Å². The van der Waals surface area contributed by atoms with E-state index in [-0.39, 0.29) is 5.91 Å². The Kier molecular flexibility index (Phi) is 8.29. The van der Waals surface area contributed by atoms with Crippen LogP contribution in [0.25, 0.3) is 0 Å². The number of carboxylic acids is 1. The van der Waals surface area contributed by atoms with Crippen LogP contribution >= 0.6 is 0 Å². The first-order valence-corrected chi connectivity index (χ1v) is 6.66. The van der Waals surface area contributed by atoms with E-state index in [2.05, 4.69) is 10.6 Å². The van der Waals surface area contributed by atoms with Crippen molar-refractivity contribution in [2.45, 2.75) is 32.1 Å². The first-order chi connectivity index (χ1) is 10.9. The highest BCUT2D eigenvalue weighted by Gasteiger charge is 2.38. The molecule has 0 aliphatic carbocycles. The van der Waals surface area contributed by atoms with Crippen LogP contribution < -0.4 is 16.4 Å². The number of carboxylic acid groups (broad SMARTS) is 1. The molecule has 0 unspecified atom stereocenters. The van der Waals surface area contributed by atoms with E-state index in [9.17, 15) is 22.8 Å². The topological polar surface area (TPSA) is 122 Å². The molecule has 0 fully saturated rings. The van der Waals surface area contributed by atoms with E-state index in [0.717, 1.165) is 5.69 Å². The van der Waals surface area contributed by atoms with Crippen molar-refractivity contribution in [3.63, 3.8) is 0 Å². The zero-order valence-corrected chi connectivity index (χ0v) is 12.9. The molecule has 0 aliphatic heterocycles. The lowest BCUT2D eigenvalue weighted by atomic mass is 10.2. The molecule has 2 atom stereocenters. The summed E-state index contributed by atoms with van der Waals surface area (Å²) in [6.45, 7) is 3.27. The van der Waals surface area contributed by atoms with Crippen LogP contribution in [0.2, 0.25) is 0 Å². The number of nitrogens with one attached hydrogen (secondary N) is 2. The average Bonchev–Trinajstić information content (AvgIpc) is 2.47. The number of benzene rings is 1. The van der Waals surface area contributed by atoms with Crippen LogP contribution in [0.3, 0.4) is 0 Å². The highest BCUT2D eigenvalue weighted by atomic mass is 19.4. The molecule has 1 aromatic carbocycles. The zero-order valence-electron chi connectivity index (χ0n) is 12.9. The number of halogens is 3. The van der Waals surface area contributed by atoms with Crippen LogP contribution in [-0.4, -0.2) is 41.2 Å². The smallest absolute Gasteiger partial charge is 0.475 e. The van der Waals surface area contributed by atoms with Gasteiger partial charge in [0.1, 0.15) is 12.1 Å². The number of hydrogen-bond donors (Lipinski definition) is 4. The number of hydrogen-bond acceptors (Lipinski definition) is 4. The van der Waals surface area contributed by atoms with Crippen molar-refractivity contribution < 1.29 is 32.7 Å². The number of amides is 2. The minimum absolute atomic E-state index is 0.264. The van der Waals surface area contributed by atoms with Crippen molar-refractivity contribution >= 4 is 23.5 Å². The van der Waals surface area contributed by atoms with E-state index >= 15 is 0 Å². The Balaban J connectivity index is 0.000000640. The molecule has 10 heteroatoms. The van der Waals surface area contributed by atoms with Gasteiger partial charge in [-0.25, -0.2) is 4.79 Å². The molecule has 7 nitrogen and oxygen atoms in total. The number of para-hydroxylation sites is 1. The highest BCUT2D eigenvalue weighted by molar-refractivity contribution is 5.89. The molecule has 0 aliphatic rings. The predicted molar refractivity (Wildman–Crippen MR) is 80.0 cm³/mol. The third kappa shape index (κ3) is 8.61. The molecule has 0 aromatic heterocycles. The largest absolute Gasteiger partial charge is 0.490 e. The summed E-state index contributed by atoms with van der Waals surface area (Å²) in [6, 6.07) is 8.27.